The van der Waals surface area contributed by atoms with Crippen molar-refractivity contribution in [1.29, 1.82) is 0 Å². The SMILES string of the molecule is O=C[C@H](O)[C@@H](O[C@@H]1O[C@H](CO[C@H]2O[C@H](CO)[C@@H](O)[C@H](O)[C@H]2O)[C@@H](O)[C@H](O)[C@H]1O)[C@H](O)[C@H](O)CO. The van der Waals surface area contributed by atoms with Gasteiger partial charge in [0.05, 0.1) is 19.8 Å². The molecule has 0 aromatic carbocycles. The Balaban J connectivity index is 2.10. The molecule has 2 rings (SSSR count). The van der Waals surface area contributed by atoms with E-state index in [0.717, 1.165) is 0 Å². The van der Waals surface area contributed by atoms with E-state index in [1.54, 1.807) is 0 Å². The molecule has 2 aliphatic heterocycles. The Morgan fingerprint density at radius 2 is 1.29 bits per heavy atom. The predicted molar refractivity (Wildman–Crippen MR) is 102 cm³/mol. The lowest BCUT2D eigenvalue weighted by atomic mass is 9.98. The highest BCUT2D eigenvalue weighted by atomic mass is 16.7. The second-order valence-corrected chi connectivity index (χ2v) is 8.01. The fraction of sp³-hybridized carbons (Fsp3) is 0.944. The van der Waals surface area contributed by atoms with Gasteiger partial charge in [0.2, 0.25) is 0 Å². The molecule has 0 bridgehead atoms. The average molecular weight is 504 g/mol. The molecule has 0 saturated carbocycles. The molecular weight excluding hydrogens is 472 g/mol. The first-order valence-electron chi connectivity index (χ1n) is 10.4. The summed E-state index contributed by atoms with van der Waals surface area (Å²) in [6.07, 6.45) is -25.1. The molecule has 0 unspecified atom stereocenters. The van der Waals surface area contributed by atoms with E-state index in [1.807, 2.05) is 0 Å². The van der Waals surface area contributed by atoms with Gasteiger partial charge < -0.3 is 79.9 Å². The Morgan fingerprint density at radius 3 is 1.82 bits per heavy atom. The first kappa shape index (κ1) is 29.3. The number of aldehydes is 1. The molecule has 2 fully saturated rings. The van der Waals surface area contributed by atoms with Crippen LogP contribution in [0.25, 0.3) is 0 Å². The van der Waals surface area contributed by atoms with Gasteiger partial charge in [-0.2, -0.15) is 0 Å². The lowest BCUT2D eigenvalue weighted by Gasteiger charge is -2.43. The Labute approximate surface area is 192 Å². The van der Waals surface area contributed by atoms with E-state index in [9.17, 15) is 55.9 Å². The minimum Gasteiger partial charge on any atom is -0.394 e. The van der Waals surface area contributed by atoms with Gasteiger partial charge in [-0.25, -0.2) is 0 Å². The number of hydrogen-bond acceptors (Lipinski definition) is 16. The van der Waals surface area contributed by atoms with Crippen LogP contribution >= 0.6 is 0 Å². The zero-order chi connectivity index (χ0) is 25.7. The van der Waals surface area contributed by atoms with E-state index in [0.29, 0.717) is 0 Å². The van der Waals surface area contributed by atoms with Gasteiger partial charge in [0.25, 0.3) is 0 Å². The topological polar surface area (TPSA) is 277 Å². The summed E-state index contributed by atoms with van der Waals surface area (Å²) in [5, 5.41) is 108. The van der Waals surface area contributed by atoms with E-state index in [2.05, 4.69) is 0 Å². The van der Waals surface area contributed by atoms with E-state index in [-0.39, 0.29) is 6.29 Å². The lowest BCUT2D eigenvalue weighted by molar-refractivity contribution is -0.342. The third-order valence-corrected chi connectivity index (χ3v) is 5.63. The summed E-state index contributed by atoms with van der Waals surface area (Å²) in [7, 11) is 0. The maximum atomic E-state index is 11.0. The molecule has 34 heavy (non-hydrogen) atoms. The summed E-state index contributed by atoms with van der Waals surface area (Å²) in [5.74, 6) is 0. The quantitative estimate of drug-likeness (QED) is 0.117. The lowest BCUT2D eigenvalue weighted by Crippen LogP contribution is -2.63. The molecule has 0 radical (unpaired) electrons. The second kappa shape index (κ2) is 12.9. The summed E-state index contributed by atoms with van der Waals surface area (Å²) in [4.78, 5) is 11.0. The van der Waals surface area contributed by atoms with Gasteiger partial charge >= 0.3 is 0 Å². The number of ether oxygens (including phenoxy) is 4. The van der Waals surface area contributed by atoms with Crippen LogP contribution in [-0.4, -0.2) is 168 Å². The summed E-state index contributed by atoms with van der Waals surface area (Å²) < 4.78 is 20.9. The predicted octanol–water partition coefficient (Wildman–Crippen LogP) is -7.73. The second-order valence-electron chi connectivity index (χ2n) is 8.01. The van der Waals surface area contributed by atoms with Crippen molar-refractivity contribution in [3.05, 3.63) is 0 Å². The average Bonchev–Trinajstić information content (AvgIpc) is 2.84. The molecule has 11 N–H and O–H groups in total. The highest BCUT2D eigenvalue weighted by Crippen LogP contribution is 2.27. The number of carbonyl (C=O) groups is 1. The van der Waals surface area contributed by atoms with Crippen LogP contribution in [0, 0.1) is 0 Å². The van der Waals surface area contributed by atoms with Crippen LogP contribution in [0.1, 0.15) is 0 Å². The maximum Gasteiger partial charge on any atom is 0.187 e. The molecule has 0 aliphatic carbocycles. The maximum absolute atomic E-state index is 11.0. The van der Waals surface area contributed by atoms with Crippen LogP contribution in [0.4, 0.5) is 0 Å². The molecule has 2 saturated heterocycles. The van der Waals surface area contributed by atoms with Crippen LogP contribution in [0.3, 0.4) is 0 Å². The molecule has 2 heterocycles. The zero-order valence-corrected chi connectivity index (χ0v) is 17.7. The first-order valence-corrected chi connectivity index (χ1v) is 10.4. The fourth-order valence-electron chi connectivity index (χ4n) is 3.48. The third kappa shape index (κ3) is 6.44. The summed E-state index contributed by atoms with van der Waals surface area (Å²) in [5.41, 5.74) is 0. The van der Waals surface area contributed by atoms with Crippen molar-refractivity contribution in [3.8, 4) is 0 Å². The van der Waals surface area contributed by atoms with E-state index in [4.69, 9.17) is 24.1 Å². The number of rotatable bonds is 11. The molecule has 200 valence electrons. The van der Waals surface area contributed by atoms with Crippen LogP contribution < -0.4 is 0 Å². The smallest absolute Gasteiger partial charge is 0.187 e. The molecule has 0 amide bonds. The van der Waals surface area contributed by atoms with Crippen molar-refractivity contribution in [1.82, 2.24) is 0 Å². The highest BCUT2D eigenvalue weighted by Gasteiger charge is 2.49. The number of carbonyl (C=O) groups excluding carboxylic acids is 1. The molecule has 0 aromatic rings. The summed E-state index contributed by atoms with van der Waals surface area (Å²) >= 11 is 0. The van der Waals surface area contributed by atoms with Crippen LogP contribution in [-0.2, 0) is 23.7 Å². The molecular formula is C18H32O16. The molecule has 2 aliphatic rings. The Hall–Kier alpha value is -0.930. The monoisotopic (exact) mass is 504 g/mol. The normalized spacial score (nSPS) is 42.6. The minimum absolute atomic E-state index is 0.0574. The molecule has 0 aromatic heterocycles. The number of hydrogen-bond donors (Lipinski definition) is 11. The Kier molecular flexibility index (Phi) is 11.1. The minimum atomic E-state index is -2.06. The van der Waals surface area contributed by atoms with E-state index in [1.165, 1.54) is 0 Å². The standard InChI is InChI=1S/C18H32O16/c19-1-5(22)9(24)16(6(23)2-20)34-18-15(30)13(28)11(26)8(33-18)4-31-17-14(29)12(27)10(25)7(3-21)32-17/h2,5-19,21-30H,1,3-4H2/t5-,6+,7-,8-,9-,10-,11-,12+,13+,14-,15-,16-,17+,18+/m1/s1. The van der Waals surface area contributed by atoms with E-state index < -0.39 is 106 Å². The molecule has 16 nitrogen and oxygen atoms in total. The fourth-order valence-corrected chi connectivity index (χ4v) is 3.48. The van der Waals surface area contributed by atoms with Crippen LogP contribution in [0.5, 0.6) is 0 Å². The third-order valence-electron chi connectivity index (χ3n) is 5.63. The van der Waals surface area contributed by atoms with Crippen molar-refractivity contribution in [2.24, 2.45) is 0 Å². The van der Waals surface area contributed by atoms with Crippen LogP contribution in [0.2, 0.25) is 0 Å². The summed E-state index contributed by atoms with van der Waals surface area (Å²) in [6, 6.07) is 0. The molecule has 14 atom stereocenters. The van der Waals surface area contributed by atoms with Crippen molar-refractivity contribution < 1.29 is 79.9 Å². The highest BCUT2D eigenvalue weighted by molar-refractivity contribution is 5.56. The van der Waals surface area contributed by atoms with Gasteiger partial charge in [-0.1, -0.05) is 0 Å². The van der Waals surface area contributed by atoms with E-state index >= 15 is 0 Å². The molecule has 16 heteroatoms. The van der Waals surface area contributed by atoms with Gasteiger partial charge in [-0.3, -0.25) is 0 Å². The van der Waals surface area contributed by atoms with Crippen molar-refractivity contribution >= 4 is 6.29 Å². The summed E-state index contributed by atoms with van der Waals surface area (Å²) in [6.45, 7) is -2.37. The van der Waals surface area contributed by atoms with Gasteiger partial charge in [-0.15, -0.1) is 0 Å². The molecule has 0 spiro atoms. The van der Waals surface area contributed by atoms with Crippen molar-refractivity contribution in [2.45, 2.75) is 85.8 Å². The van der Waals surface area contributed by atoms with Crippen LogP contribution in [0.15, 0.2) is 0 Å². The van der Waals surface area contributed by atoms with Gasteiger partial charge in [-0.05, 0) is 0 Å². The van der Waals surface area contributed by atoms with Crippen molar-refractivity contribution in [3.63, 3.8) is 0 Å². The van der Waals surface area contributed by atoms with Gasteiger partial charge in [0, 0.05) is 0 Å². The zero-order valence-electron chi connectivity index (χ0n) is 17.7. The Bertz CT molecular complexity index is 623. The number of aliphatic hydroxyl groups excluding tert-OH is 11. The number of aliphatic hydroxyl groups is 11. The largest absolute Gasteiger partial charge is 0.394 e. The van der Waals surface area contributed by atoms with Gasteiger partial charge in [0.15, 0.2) is 18.9 Å². The first-order chi connectivity index (χ1) is 16.0. The van der Waals surface area contributed by atoms with Crippen molar-refractivity contribution in [2.75, 3.05) is 19.8 Å². The Morgan fingerprint density at radius 1 is 0.765 bits per heavy atom. The van der Waals surface area contributed by atoms with Gasteiger partial charge in [0.1, 0.15) is 73.2 Å².